The molecule has 0 bridgehead atoms. The summed E-state index contributed by atoms with van der Waals surface area (Å²) in [6.07, 6.45) is 4.73. The third-order valence-corrected chi connectivity index (χ3v) is 4.79. The van der Waals surface area contributed by atoms with Gasteiger partial charge in [-0.1, -0.05) is 12.8 Å². The molecule has 0 aromatic heterocycles. The fraction of sp³-hybridized carbons (Fsp3) is 0.240. The quantitative estimate of drug-likeness (QED) is 0.222. The zero-order valence-corrected chi connectivity index (χ0v) is 17.2. The zero-order chi connectivity index (χ0) is 21.9. The number of aromatic hydroxyl groups is 2. The van der Waals surface area contributed by atoms with Gasteiger partial charge in [0.1, 0.15) is 17.2 Å². The number of aryl methyl sites for hydroxylation is 1. The predicted molar refractivity (Wildman–Crippen MR) is 119 cm³/mol. The van der Waals surface area contributed by atoms with Gasteiger partial charge in [0.05, 0.1) is 29.6 Å². The third-order valence-electron chi connectivity index (χ3n) is 4.79. The van der Waals surface area contributed by atoms with Crippen molar-refractivity contribution in [1.82, 2.24) is 0 Å². The van der Waals surface area contributed by atoms with Crippen molar-refractivity contribution in [2.75, 3.05) is 6.61 Å². The molecule has 3 aromatic carbocycles. The van der Waals surface area contributed by atoms with Gasteiger partial charge in [0, 0.05) is 0 Å². The van der Waals surface area contributed by atoms with Crippen LogP contribution in [-0.4, -0.2) is 16.8 Å². The molecule has 2 N–H and O–H groups in total. The van der Waals surface area contributed by atoms with E-state index in [9.17, 15) is 10.2 Å². The first kappa shape index (κ1) is 21.8. The number of unbranched alkanes of at least 4 members (excludes halogenated alkanes) is 3. The van der Waals surface area contributed by atoms with Crippen LogP contribution >= 0.6 is 0 Å². The lowest BCUT2D eigenvalue weighted by Gasteiger charge is -2.07. The Hall–Kier alpha value is -3.85. The molecule has 3 rings (SSSR count). The summed E-state index contributed by atoms with van der Waals surface area (Å²) in [5, 5.41) is 36.4. The molecule has 6 nitrogen and oxygen atoms in total. The Morgan fingerprint density at radius 1 is 0.774 bits per heavy atom. The van der Waals surface area contributed by atoms with Gasteiger partial charge in [0.2, 0.25) is 0 Å². The molecule has 0 fully saturated rings. The smallest absolute Gasteiger partial charge is 0.119 e. The highest BCUT2D eigenvalue weighted by Crippen LogP contribution is 2.24. The van der Waals surface area contributed by atoms with Gasteiger partial charge in [-0.15, -0.1) is 0 Å². The van der Waals surface area contributed by atoms with Crippen molar-refractivity contribution in [2.45, 2.75) is 32.1 Å². The van der Waals surface area contributed by atoms with Gasteiger partial charge in [-0.25, -0.2) is 0 Å². The van der Waals surface area contributed by atoms with Crippen LogP contribution < -0.4 is 4.74 Å². The lowest BCUT2D eigenvalue weighted by atomic mass is 10.1. The Morgan fingerprint density at radius 3 is 2.10 bits per heavy atom. The van der Waals surface area contributed by atoms with Crippen molar-refractivity contribution >= 4 is 11.4 Å². The van der Waals surface area contributed by atoms with E-state index in [1.807, 2.05) is 24.3 Å². The Morgan fingerprint density at radius 2 is 1.42 bits per heavy atom. The maximum atomic E-state index is 9.78. The summed E-state index contributed by atoms with van der Waals surface area (Å²) >= 11 is 0. The third kappa shape index (κ3) is 7.16. The maximum absolute atomic E-state index is 9.78. The highest BCUT2D eigenvalue weighted by Gasteiger charge is 2.02. The lowest BCUT2D eigenvalue weighted by molar-refractivity contribution is 0.304. The number of benzene rings is 3. The second-order valence-corrected chi connectivity index (χ2v) is 7.18. The van der Waals surface area contributed by atoms with Gasteiger partial charge in [-0.2, -0.15) is 15.5 Å². The van der Waals surface area contributed by atoms with Gasteiger partial charge >= 0.3 is 0 Å². The average molecular weight is 415 g/mol. The Bertz CT molecular complexity index is 1040. The van der Waals surface area contributed by atoms with E-state index >= 15 is 0 Å². The predicted octanol–water partition coefficient (Wildman–Crippen LogP) is 6.57. The lowest BCUT2D eigenvalue weighted by Crippen LogP contribution is -1.97. The van der Waals surface area contributed by atoms with Crippen molar-refractivity contribution in [3.63, 3.8) is 0 Å². The van der Waals surface area contributed by atoms with Crippen LogP contribution in [-0.2, 0) is 6.42 Å². The first-order valence-electron chi connectivity index (χ1n) is 10.3. The highest BCUT2D eigenvalue weighted by atomic mass is 16.5. The zero-order valence-electron chi connectivity index (χ0n) is 17.2. The molecule has 0 saturated heterocycles. The number of phenols is 2. The van der Waals surface area contributed by atoms with E-state index in [4.69, 9.17) is 10.00 Å². The van der Waals surface area contributed by atoms with Crippen molar-refractivity contribution in [3.05, 3.63) is 77.9 Å². The molecule has 0 spiro atoms. The van der Waals surface area contributed by atoms with E-state index in [1.165, 1.54) is 12.1 Å². The molecule has 0 aliphatic rings. The largest absolute Gasteiger partial charge is 0.508 e. The molecular formula is C25H25N3O3. The fourth-order valence-electron chi connectivity index (χ4n) is 3.06. The second kappa shape index (κ2) is 11.4. The van der Waals surface area contributed by atoms with Crippen molar-refractivity contribution in [3.8, 4) is 23.3 Å². The van der Waals surface area contributed by atoms with Crippen LogP contribution in [0.2, 0.25) is 0 Å². The van der Waals surface area contributed by atoms with Crippen LogP contribution in [0.1, 0.15) is 36.8 Å². The summed E-state index contributed by atoms with van der Waals surface area (Å²) in [4.78, 5) is 0. The number of nitrogens with zero attached hydrogens (tertiary/aromatic N) is 3. The average Bonchev–Trinajstić information content (AvgIpc) is 2.80. The van der Waals surface area contributed by atoms with Gasteiger partial charge in [0.15, 0.2) is 0 Å². The molecule has 0 atom stereocenters. The van der Waals surface area contributed by atoms with Crippen molar-refractivity contribution < 1.29 is 14.9 Å². The van der Waals surface area contributed by atoms with Crippen LogP contribution in [0.5, 0.6) is 17.2 Å². The minimum atomic E-state index is 0.183. The number of phenolic OH excluding ortho intramolecular Hbond substituents is 2. The summed E-state index contributed by atoms with van der Waals surface area (Å²) in [6, 6.07) is 21.1. The minimum Gasteiger partial charge on any atom is -0.508 e. The molecule has 0 aliphatic carbocycles. The number of hydrogen-bond acceptors (Lipinski definition) is 6. The number of nitriles is 1. The van der Waals surface area contributed by atoms with E-state index in [2.05, 4.69) is 16.3 Å². The van der Waals surface area contributed by atoms with Crippen LogP contribution in [0.3, 0.4) is 0 Å². The van der Waals surface area contributed by atoms with Gasteiger partial charge in [-0.3, -0.25) is 0 Å². The van der Waals surface area contributed by atoms with E-state index in [1.54, 1.807) is 30.3 Å². The normalized spacial score (nSPS) is 10.8. The van der Waals surface area contributed by atoms with Crippen molar-refractivity contribution in [2.24, 2.45) is 10.2 Å². The van der Waals surface area contributed by atoms with Gasteiger partial charge in [0.25, 0.3) is 0 Å². The summed E-state index contributed by atoms with van der Waals surface area (Å²) in [5.41, 5.74) is 2.80. The van der Waals surface area contributed by atoms with Crippen LogP contribution in [0.25, 0.3) is 0 Å². The van der Waals surface area contributed by atoms with Crippen LogP contribution in [0.15, 0.2) is 77.0 Å². The molecule has 6 heteroatoms. The van der Waals surface area contributed by atoms with Crippen LogP contribution in [0, 0.1) is 11.3 Å². The molecule has 0 saturated carbocycles. The summed E-state index contributed by atoms with van der Waals surface area (Å²) in [6.45, 7) is 0.642. The van der Waals surface area contributed by atoms with E-state index in [0.29, 0.717) is 17.9 Å². The molecule has 0 aliphatic heterocycles. The molecular weight excluding hydrogens is 390 g/mol. The van der Waals surface area contributed by atoms with Crippen molar-refractivity contribution in [1.29, 1.82) is 5.26 Å². The molecule has 31 heavy (non-hydrogen) atoms. The van der Waals surface area contributed by atoms with Gasteiger partial charge < -0.3 is 14.9 Å². The van der Waals surface area contributed by atoms with E-state index < -0.39 is 0 Å². The second-order valence-electron chi connectivity index (χ2n) is 7.18. The number of ether oxygens (including phenoxy) is 1. The highest BCUT2D eigenvalue weighted by molar-refractivity contribution is 5.44. The Labute approximate surface area is 182 Å². The Kier molecular flexibility index (Phi) is 8.01. The molecule has 3 aromatic rings. The van der Waals surface area contributed by atoms with Gasteiger partial charge in [-0.05, 0) is 91.6 Å². The minimum absolute atomic E-state index is 0.183. The topological polar surface area (TPSA) is 98.2 Å². The SMILES string of the molecule is N#Cc1ccc(N=Nc2ccc(OCCCCCCc3cc(O)ccc3O)cc2)cc1. The first-order chi connectivity index (χ1) is 15.1. The maximum Gasteiger partial charge on any atom is 0.119 e. The number of azo groups is 1. The summed E-state index contributed by atoms with van der Waals surface area (Å²) in [5.74, 6) is 1.21. The molecule has 0 heterocycles. The van der Waals surface area contributed by atoms with E-state index in [0.717, 1.165) is 49.1 Å². The standard InChI is InChI=1S/C25H25N3O3/c26-18-19-6-8-21(9-7-19)27-28-22-10-13-24(14-11-22)31-16-4-2-1-3-5-20-17-23(29)12-15-25(20)30/h6-15,17,29-30H,1-5,16H2. The summed E-state index contributed by atoms with van der Waals surface area (Å²) < 4.78 is 5.77. The number of rotatable bonds is 10. The summed E-state index contributed by atoms with van der Waals surface area (Å²) in [7, 11) is 0. The monoisotopic (exact) mass is 415 g/mol. The fourth-order valence-corrected chi connectivity index (χ4v) is 3.06. The molecule has 0 amide bonds. The first-order valence-corrected chi connectivity index (χ1v) is 10.3. The van der Waals surface area contributed by atoms with E-state index in [-0.39, 0.29) is 11.5 Å². The number of hydrogen-bond donors (Lipinski definition) is 2. The molecule has 158 valence electrons. The Balaban J connectivity index is 1.33. The molecule has 0 radical (unpaired) electrons. The molecule has 0 unspecified atom stereocenters. The van der Waals surface area contributed by atoms with Crippen LogP contribution in [0.4, 0.5) is 11.4 Å².